The van der Waals surface area contributed by atoms with Gasteiger partial charge in [0, 0.05) is 16.8 Å². The predicted octanol–water partition coefficient (Wildman–Crippen LogP) is 0.830. The van der Waals surface area contributed by atoms with Crippen LogP contribution in [0, 0.1) is 0 Å². The van der Waals surface area contributed by atoms with Gasteiger partial charge in [0.25, 0.3) is 5.91 Å². The SMILES string of the molecule is CC(=O)c1ccc(NC(=O)C[NH+]2CC[NH+](Cc3cccc(C(F)(F)F)c3)CC2)cc1. The molecule has 1 amide bonds. The van der Waals surface area contributed by atoms with Gasteiger partial charge >= 0.3 is 6.18 Å². The number of alkyl halides is 3. The summed E-state index contributed by atoms with van der Waals surface area (Å²) in [7, 11) is 0. The van der Waals surface area contributed by atoms with Crippen molar-refractivity contribution in [3.63, 3.8) is 0 Å². The molecule has 0 unspecified atom stereocenters. The Kier molecular flexibility index (Phi) is 6.89. The summed E-state index contributed by atoms with van der Waals surface area (Å²) in [6.45, 7) is 5.54. The van der Waals surface area contributed by atoms with Gasteiger partial charge < -0.3 is 15.1 Å². The Bertz CT molecular complexity index is 889. The van der Waals surface area contributed by atoms with Crippen LogP contribution in [0.2, 0.25) is 0 Å². The van der Waals surface area contributed by atoms with Crippen LogP contribution in [0.5, 0.6) is 0 Å². The molecule has 0 aromatic heterocycles. The molecule has 160 valence electrons. The van der Waals surface area contributed by atoms with Crippen LogP contribution in [0.1, 0.15) is 28.4 Å². The van der Waals surface area contributed by atoms with Crippen molar-refractivity contribution in [2.24, 2.45) is 0 Å². The van der Waals surface area contributed by atoms with E-state index in [4.69, 9.17) is 0 Å². The smallest absolute Gasteiger partial charge is 0.322 e. The minimum absolute atomic E-state index is 0.0252. The van der Waals surface area contributed by atoms with Crippen LogP contribution in [0.4, 0.5) is 18.9 Å². The zero-order valence-corrected chi connectivity index (χ0v) is 16.8. The maximum atomic E-state index is 12.9. The number of hydrogen-bond donors (Lipinski definition) is 3. The van der Waals surface area contributed by atoms with Gasteiger partial charge in [-0.25, -0.2) is 0 Å². The van der Waals surface area contributed by atoms with E-state index in [-0.39, 0.29) is 11.7 Å². The third kappa shape index (κ3) is 6.14. The maximum Gasteiger partial charge on any atom is 0.416 e. The molecule has 5 nitrogen and oxygen atoms in total. The summed E-state index contributed by atoms with van der Waals surface area (Å²) < 4.78 is 38.6. The molecule has 0 radical (unpaired) electrons. The fourth-order valence-electron chi connectivity index (χ4n) is 3.68. The van der Waals surface area contributed by atoms with Gasteiger partial charge in [0.2, 0.25) is 0 Å². The van der Waals surface area contributed by atoms with E-state index in [1.165, 1.54) is 24.0 Å². The van der Waals surface area contributed by atoms with E-state index in [9.17, 15) is 22.8 Å². The lowest BCUT2D eigenvalue weighted by molar-refractivity contribution is -1.02. The van der Waals surface area contributed by atoms with Gasteiger partial charge in [-0.15, -0.1) is 0 Å². The highest BCUT2D eigenvalue weighted by molar-refractivity contribution is 5.95. The van der Waals surface area contributed by atoms with Crippen molar-refractivity contribution in [2.75, 3.05) is 38.0 Å². The van der Waals surface area contributed by atoms with Crippen molar-refractivity contribution in [1.29, 1.82) is 0 Å². The molecule has 8 heteroatoms. The highest BCUT2D eigenvalue weighted by Gasteiger charge is 2.31. The number of nitrogens with one attached hydrogen (secondary N) is 3. The molecule has 1 aliphatic heterocycles. The van der Waals surface area contributed by atoms with Crippen LogP contribution in [-0.4, -0.2) is 44.4 Å². The Morgan fingerprint density at radius 1 is 0.967 bits per heavy atom. The molecule has 1 fully saturated rings. The number of quaternary nitrogens is 2. The molecule has 1 aliphatic rings. The second-order valence-corrected chi connectivity index (χ2v) is 7.73. The number of halogens is 3. The summed E-state index contributed by atoms with van der Waals surface area (Å²) >= 11 is 0. The number of hydrogen-bond acceptors (Lipinski definition) is 2. The van der Waals surface area contributed by atoms with Gasteiger partial charge in [-0.1, -0.05) is 12.1 Å². The second kappa shape index (κ2) is 9.40. The van der Waals surface area contributed by atoms with Gasteiger partial charge in [-0.2, -0.15) is 13.2 Å². The van der Waals surface area contributed by atoms with Crippen LogP contribution in [0.25, 0.3) is 0 Å². The van der Waals surface area contributed by atoms with Crippen molar-refractivity contribution in [1.82, 2.24) is 0 Å². The summed E-state index contributed by atoms with van der Waals surface area (Å²) in [5, 5.41) is 2.84. The lowest BCUT2D eigenvalue weighted by Gasteiger charge is -2.29. The average molecular weight is 421 g/mol. The van der Waals surface area contributed by atoms with Crippen molar-refractivity contribution in [3.8, 4) is 0 Å². The molecular weight excluding hydrogens is 395 g/mol. The Morgan fingerprint density at radius 2 is 1.60 bits per heavy atom. The fourth-order valence-corrected chi connectivity index (χ4v) is 3.68. The van der Waals surface area contributed by atoms with Crippen molar-refractivity contribution >= 4 is 17.4 Å². The summed E-state index contributed by atoms with van der Waals surface area (Å²) in [6.07, 6.45) is -4.33. The highest BCUT2D eigenvalue weighted by atomic mass is 19.4. The molecule has 0 spiro atoms. The number of carbonyl (C=O) groups excluding carboxylic acids is 2. The second-order valence-electron chi connectivity index (χ2n) is 7.73. The van der Waals surface area contributed by atoms with Gasteiger partial charge in [0.15, 0.2) is 12.3 Å². The van der Waals surface area contributed by atoms with Crippen LogP contribution in [0.3, 0.4) is 0 Å². The summed E-state index contributed by atoms with van der Waals surface area (Å²) in [6, 6.07) is 12.3. The predicted molar refractivity (Wildman–Crippen MR) is 106 cm³/mol. The Labute approximate surface area is 173 Å². The monoisotopic (exact) mass is 421 g/mol. The molecule has 2 aromatic rings. The Morgan fingerprint density at radius 3 is 2.20 bits per heavy atom. The lowest BCUT2D eigenvalue weighted by atomic mass is 10.1. The van der Waals surface area contributed by atoms with Crippen molar-refractivity contribution in [2.45, 2.75) is 19.6 Å². The third-order valence-electron chi connectivity index (χ3n) is 5.36. The van der Waals surface area contributed by atoms with Gasteiger partial charge in [-0.05, 0) is 43.3 Å². The van der Waals surface area contributed by atoms with Gasteiger partial charge in [-0.3, -0.25) is 9.59 Å². The number of piperazine rings is 1. The first-order valence-electron chi connectivity index (χ1n) is 9.95. The van der Waals surface area contributed by atoms with Gasteiger partial charge in [0.05, 0.1) is 5.56 Å². The number of amides is 1. The minimum Gasteiger partial charge on any atom is -0.322 e. The van der Waals surface area contributed by atoms with Crippen LogP contribution < -0.4 is 15.1 Å². The molecular formula is C22H26F3N3O2+2. The quantitative estimate of drug-likeness (QED) is 0.606. The maximum absolute atomic E-state index is 12.9. The van der Waals surface area contributed by atoms with Crippen LogP contribution in [-0.2, 0) is 17.5 Å². The molecule has 3 rings (SSSR count). The van der Waals surface area contributed by atoms with E-state index in [0.29, 0.717) is 29.9 Å². The number of anilines is 1. The fraction of sp³-hybridized carbons (Fsp3) is 0.364. The molecule has 0 bridgehead atoms. The third-order valence-corrected chi connectivity index (χ3v) is 5.36. The molecule has 0 aliphatic carbocycles. The molecule has 2 aromatic carbocycles. The van der Waals surface area contributed by atoms with E-state index < -0.39 is 11.7 Å². The van der Waals surface area contributed by atoms with Crippen molar-refractivity contribution < 1.29 is 32.6 Å². The molecule has 1 heterocycles. The van der Waals surface area contributed by atoms with E-state index in [0.717, 1.165) is 37.1 Å². The van der Waals surface area contributed by atoms with E-state index in [1.807, 2.05) is 0 Å². The van der Waals surface area contributed by atoms with E-state index >= 15 is 0 Å². The zero-order chi connectivity index (χ0) is 21.7. The van der Waals surface area contributed by atoms with E-state index in [2.05, 4.69) is 5.32 Å². The first-order valence-corrected chi connectivity index (χ1v) is 9.95. The Balaban J connectivity index is 1.45. The topological polar surface area (TPSA) is 55.0 Å². The largest absolute Gasteiger partial charge is 0.416 e. The summed E-state index contributed by atoms with van der Waals surface area (Å²) in [5.41, 5.74) is 1.31. The number of carbonyl (C=O) groups is 2. The lowest BCUT2D eigenvalue weighted by Crippen LogP contribution is -3.28. The number of ketones is 1. The number of Topliss-reactive ketones (excluding diaryl/α,β-unsaturated/α-hetero) is 1. The average Bonchev–Trinajstić information content (AvgIpc) is 2.69. The number of rotatable bonds is 6. The van der Waals surface area contributed by atoms with E-state index in [1.54, 1.807) is 30.3 Å². The molecule has 30 heavy (non-hydrogen) atoms. The van der Waals surface area contributed by atoms with Gasteiger partial charge in [0.1, 0.15) is 32.7 Å². The number of benzene rings is 2. The first-order chi connectivity index (χ1) is 14.2. The minimum atomic E-state index is -4.33. The molecule has 3 N–H and O–H groups in total. The zero-order valence-electron chi connectivity index (χ0n) is 16.8. The van der Waals surface area contributed by atoms with Crippen LogP contribution >= 0.6 is 0 Å². The standard InChI is InChI=1S/C22H24F3N3O2/c1-16(29)18-5-7-20(8-6-18)26-21(30)15-28-11-9-27(10-12-28)14-17-3-2-4-19(13-17)22(23,24)25/h2-8,13H,9-12,14-15H2,1H3,(H,26,30)/p+2. The normalized spacial score (nSPS) is 19.3. The first kappa shape index (κ1) is 22.0. The molecule has 1 saturated heterocycles. The highest BCUT2D eigenvalue weighted by Crippen LogP contribution is 2.29. The molecule has 0 saturated carbocycles. The molecule has 0 atom stereocenters. The van der Waals surface area contributed by atoms with Crippen molar-refractivity contribution in [3.05, 3.63) is 65.2 Å². The Hall–Kier alpha value is -2.71. The van der Waals surface area contributed by atoms with Crippen LogP contribution in [0.15, 0.2) is 48.5 Å². The summed E-state index contributed by atoms with van der Waals surface area (Å²) in [4.78, 5) is 26.0. The summed E-state index contributed by atoms with van der Waals surface area (Å²) in [5.74, 6) is -0.121.